The number of carbonyl (C=O) groups excluding carboxylic acids is 3. The number of carbonyl (C=O) groups is 3. The van der Waals surface area contributed by atoms with Crippen molar-refractivity contribution in [2.75, 3.05) is 19.6 Å². The second-order valence-electron chi connectivity index (χ2n) is 7.44. The summed E-state index contributed by atoms with van der Waals surface area (Å²) in [5.74, 6) is -0.361. The van der Waals surface area contributed by atoms with Gasteiger partial charge in [-0.05, 0) is 53.9 Å². The van der Waals surface area contributed by atoms with Crippen LogP contribution < -0.4 is 4.74 Å². The lowest BCUT2D eigenvalue weighted by atomic mass is 10.2. The van der Waals surface area contributed by atoms with Gasteiger partial charge in [-0.2, -0.15) is 0 Å². The molecule has 0 bridgehead atoms. The molecule has 2 heterocycles. The SMILES string of the molecule is O=C(CN1C(=O)S/C(=C/c2cc(Cl)c(OCc3ccccc3)c(Cl)c2)C1=O)N1CCCC1. The maximum absolute atomic E-state index is 12.7. The predicted octanol–water partition coefficient (Wildman–Crippen LogP) is 5.23. The van der Waals surface area contributed by atoms with Gasteiger partial charge in [-0.3, -0.25) is 19.3 Å². The lowest BCUT2D eigenvalue weighted by Crippen LogP contribution is -2.40. The van der Waals surface area contributed by atoms with E-state index in [2.05, 4.69) is 0 Å². The Hall–Kier alpha value is -2.48. The van der Waals surface area contributed by atoms with E-state index < -0.39 is 11.1 Å². The van der Waals surface area contributed by atoms with Gasteiger partial charge in [0.2, 0.25) is 5.91 Å². The van der Waals surface area contributed by atoms with Crippen molar-refractivity contribution >= 4 is 58.1 Å². The van der Waals surface area contributed by atoms with E-state index in [-0.39, 0.29) is 17.4 Å². The lowest BCUT2D eigenvalue weighted by Gasteiger charge is -2.18. The van der Waals surface area contributed by atoms with E-state index in [1.165, 1.54) is 0 Å². The van der Waals surface area contributed by atoms with Crippen molar-refractivity contribution < 1.29 is 19.1 Å². The average molecular weight is 491 g/mol. The molecule has 0 N–H and O–H groups in total. The molecule has 0 atom stereocenters. The fraction of sp³-hybridized carbons (Fsp3) is 0.261. The van der Waals surface area contributed by atoms with E-state index in [0.29, 0.717) is 41.1 Å². The van der Waals surface area contributed by atoms with Crippen LogP contribution in [0.25, 0.3) is 6.08 Å². The Morgan fingerprint density at radius 3 is 2.38 bits per heavy atom. The summed E-state index contributed by atoms with van der Waals surface area (Å²) in [5.41, 5.74) is 1.53. The molecule has 0 unspecified atom stereocenters. The fourth-order valence-corrected chi connectivity index (χ4v) is 4.97. The molecule has 0 radical (unpaired) electrons. The summed E-state index contributed by atoms with van der Waals surface area (Å²) in [6.45, 7) is 1.40. The third kappa shape index (κ3) is 5.11. The Balaban J connectivity index is 1.46. The maximum atomic E-state index is 12.7. The Labute approximate surface area is 200 Å². The Morgan fingerprint density at radius 1 is 1.06 bits per heavy atom. The fourth-order valence-electron chi connectivity index (χ4n) is 3.52. The van der Waals surface area contributed by atoms with E-state index in [9.17, 15) is 14.4 Å². The summed E-state index contributed by atoms with van der Waals surface area (Å²) in [4.78, 5) is 40.3. The third-order valence-electron chi connectivity index (χ3n) is 5.17. The largest absolute Gasteiger partial charge is 0.486 e. The number of amides is 3. The minimum absolute atomic E-state index is 0.211. The molecule has 2 fully saturated rings. The van der Waals surface area contributed by atoms with E-state index in [1.807, 2.05) is 30.3 Å². The van der Waals surface area contributed by atoms with Gasteiger partial charge in [0.15, 0.2) is 5.75 Å². The molecule has 3 amide bonds. The number of imide groups is 1. The summed E-state index contributed by atoms with van der Waals surface area (Å²) < 4.78 is 5.77. The number of nitrogens with zero attached hydrogens (tertiary/aromatic N) is 2. The standard InChI is InChI=1S/C23H20Cl2N2O4S/c24-17-10-16(11-18(25)21(17)31-14-15-6-2-1-3-7-15)12-19-22(29)27(23(30)32-19)13-20(28)26-8-4-5-9-26/h1-3,6-7,10-12H,4-5,8-9,13-14H2/b19-12+. The predicted molar refractivity (Wildman–Crippen MR) is 126 cm³/mol. The van der Waals surface area contributed by atoms with Crippen LogP contribution in [-0.4, -0.2) is 46.5 Å². The first-order valence-electron chi connectivity index (χ1n) is 10.1. The van der Waals surface area contributed by atoms with Crippen molar-refractivity contribution in [3.05, 3.63) is 68.5 Å². The van der Waals surface area contributed by atoms with Gasteiger partial charge < -0.3 is 9.64 Å². The molecule has 2 saturated heterocycles. The Morgan fingerprint density at radius 2 is 1.72 bits per heavy atom. The van der Waals surface area contributed by atoms with Gasteiger partial charge in [-0.25, -0.2) is 0 Å². The van der Waals surface area contributed by atoms with Gasteiger partial charge in [-0.1, -0.05) is 53.5 Å². The first-order valence-corrected chi connectivity index (χ1v) is 11.7. The highest BCUT2D eigenvalue weighted by atomic mass is 35.5. The molecular formula is C23H20Cl2N2O4S. The number of hydrogen-bond acceptors (Lipinski definition) is 5. The number of thioether (sulfide) groups is 1. The molecule has 0 aromatic heterocycles. The molecule has 0 saturated carbocycles. The van der Waals surface area contributed by atoms with Crippen LogP contribution >= 0.6 is 35.0 Å². The first kappa shape index (κ1) is 22.7. The van der Waals surface area contributed by atoms with Crippen molar-refractivity contribution in [3.63, 3.8) is 0 Å². The number of hydrogen-bond donors (Lipinski definition) is 0. The van der Waals surface area contributed by atoms with Gasteiger partial charge in [0.05, 0.1) is 15.0 Å². The van der Waals surface area contributed by atoms with Crippen LogP contribution in [0.5, 0.6) is 5.75 Å². The third-order valence-corrected chi connectivity index (χ3v) is 6.64. The Bertz CT molecular complexity index is 1060. The summed E-state index contributed by atoms with van der Waals surface area (Å²) in [6, 6.07) is 12.9. The molecule has 9 heteroatoms. The van der Waals surface area contributed by atoms with Crippen LogP contribution in [0.1, 0.15) is 24.0 Å². The van der Waals surface area contributed by atoms with E-state index in [1.54, 1.807) is 23.1 Å². The average Bonchev–Trinajstić information content (AvgIpc) is 3.39. The summed E-state index contributed by atoms with van der Waals surface area (Å²) in [7, 11) is 0. The van der Waals surface area contributed by atoms with Crippen molar-refractivity contribution in [3.8, 4) is 5.75 Å². The first-order chi connectivity index (χ1) is 15.4. The second kappa shape index (κ2) is 9.98. The number of rotatable bonds is 6. The molecule has 4 rings (SSSR count). The highest BCUT2D eigenvalue weighted by Crippen LogP contribution is 2.37. The molecule has 166 valence electrons. The summed E-state index contributed by atoms with van der Waals surface area (Å²) >= 11 is 13.5. The van der Waals surface area contributed by atoms with Gasteiger partial charge in [0, 0.05) is 13.1 Å². The normalized spacial score (nSPS) is 17.5. The van der Waals surface area contributed by atoms with Crippen LogP contribution in [0.15, 0.2) is 47.4 Å². The smallest absolute Gasteiger partial charge is 0.294 e. The molecule has 2 aliphatic heterocycles. The molecule has 0 aliphatic carbocycles. The van der Waals surface area contributed by atoms with Gasteiger partial charge >= 0.3 is 0 Å². The highest BCUT2D eigenvalue weighted by molar-refractivity contribution is 8.18. The minimum atomic E-state index is -0.496. The van der Waals surface area contributed by atoms with E-state index in [4.69, 9.17) is 27.9 Å². The molecule has 32 heavy (non-hydrogen) atoms. The van der Waals surface area contributed by atoms with Crippen molar-refractivity contribution in [2.45, 2.75) is 19.4 Å². The number of likely N-dealkylation sites (tertiary alicyclic amines) is 1. The topological polar surface area (TPSA) is 66.9 Å². The van der Waals surface area contributed by atoms with Crippen molar-refractivity contribution in [2.24, 2.45) is 0 Å². The highest BCUT2D eigenvalue weighted by Gasteiger charge is 2.37. The lowest BCUT2D eigenvalue weighted by molar-refractivity contribution is -0.135. The summed E-state index contributed by atoms with van der Waals surface area (Å²) in [6.07, 6.45) is 3.43. The van der Waals surface area contributed by atoms with Crippen molar-refractivity contribution in [1.29, 1.82) is 0 Å². The molecule has 2 aromatic carbocycles. The van der Waals surface area contributed by atoms with E-state index in [0.717, 1.165) is 35.1 Å². The molecule has 0 spiro atoms. The quantitative estimate of drug-likeness (QED) is 0.518. The maximum Gasteiger partial charge on any atom is 0.294 e. The molecular weight excluding hydrogens is 471 g/mol. The van der Waals surface area contributed by atoms with Gasteiger partial charge in [-0.15, -0.1) is 0 Å². The van der Waals surface area contributed by atoms with Gasteiger partial charge in [0.25, 0.3) is 11.1 Å². The number of ether oxygens (including phenoxy) is 1. The van der Waals surface area contributed by atoms with Crippen LogP contribution in [-0.2, 0) is 16.2 Å². The van der Waals surface area contributed by atoms with Crippen LogP contribution in [0.2, 0.25) is 10.0 Å². The zero-order chi connectivity index (χ0) is 22.7. The van der Waals surface area contributed by atoms with Crippen LogP contribution in [0, 0.1) is 0 Å². The molecule has 2 aliphatic rings. The summed E-state index contributed by atoms with van der Waals surface area (Å²) in [5, 5.41) is 0.125. The number of halogens is 2. The second-order valence-corrected chi connectivity index (χ2v) is 9.25. The zero-order valence-electron chi connectivity index (χ0n) is 17.1. The van der Waals surface area contributed by atoms with Crippen LogP contribution in [0.4, 0.5) is 4.79 Å². The Kier molecular flexibility index (Phi) is 7.08. The monoisotopic (exact) mass is 490 g/mol. The zero-order valence-corrected chi connectivity index (χ0v) is 19.4. The minimum Gasteiger partial charge on any atom is -0.486 e. The van der Waals surface area contributed by atoms with E-state index >= 15 is 0 Å². The van der Waals surface area contributed by atoms with Crippen LogP contribution in [0.3, 0.4) is 0 Å². The molecule has 2 aromatic rings. The van der Waals surface area contributed by atoms with Crippen molar-refractivity contribution in [1.82, 2.24) is 9.80 Å². The molecule has 6 nitrogen and oxygen atoms in total. The number of benzene rings is 2. The van der Waals surface area contributed by atoms with Gasteiger partial charge in [0.1, 0.15) is 13.2 Å².